The Hall–Kier alpha value is -1.46. The SMILES string of the molecule is O=c1cc(S)oc2cc(OC3CCCCO3)ccc12. The highest BCUT2D eigenvalue weighted by Crippen LogP contribution is 2.23. The van der Waals surface area contributed by atoms with Crippen LogP contribution >= 0.6 is 12.6 Å². The Balaban J connectivity index is 1.90. The number of hydrogen-bond donors (Lipinski definition) is 1. The van der Waals surface area contributed by atoms with E-state index < -0.39 is 0 Å². The van der Waals surface area contributed by atoms with Crippen molar-refractivity contribution < 1.29 is 13.9 Å². The Kier molecular flexibility index (Phi) is 3.48. The smallest absolute Gasteiger partial charge is 0.199 e. The number of rotatable bonds is 2. The molecule has 1 aliphatic heterocycles. The third-order valence-electron chi connectivity index (χ3n) is 3.09. The van der Waals surface area contributed by atoms with E-state index in [-0.39, 0.29) is 11.7 Å². The van der Waals surface area contributed by atoms with Gasteiger partial charge in [-0.1, -0.05) is 0 Å². The molecule has 5 heteroatoms. The van der Waals surface area contributed by atoms with Gasteiger partial charge in [0.25, 0.3) is 0 Å². The van der Waals surface area contributed by atoms with Crippen LogP contribution in [-0.4, -0.2) is 12.9 Å². The summed E-state index contributed by atoms with van der Waals surface area (Å²) in [6.45, 7) is 0.730. The minimum Gasteiger partial charge on any atom is -0.465 e. The van der Waals surface area contributed by atoms with Crippen molar-refractivity contribution >= 4 is 23.6 Å². The molecule has 1 aliphatic rings. The van der Waals surface area contributed by atoms with Crippen molar-refractivity contribution in [2.75, 3.05) is 6.61 Å². The standard InChI is InChI=1S/C14H14O4S/c15-11-8-14(19)18-12-7-9(4-5-10(11)12)17-13-3-1-2-6-16-13/h4-5,7-8,13,19H,1-3,6H2. The summed E-state index contributed by atoms with van der Waals surface area (Å²) < 4.78 is 16.7. The maximum absolute atomic E-state index is 11.7. The van der Waals surface area contributed by atoms with Crippen molar-refractivity contribution in [3.63, 3.8) is 0 Å². The summed E-state index contributed by atoms with van der Waals surface area (Å²) in [6.07, 6.45) is 2.86. The molecule has 0 radical (unpaired) electrons. The Bertz CT molecular complexity index is 643. The summed E-state index contributed by atoms with van der Waals surface area (Å²) in [6, 6.07) is 6.52. The fourth-order valence-electron chi connectivity index (χ4n) is 2.15. The summed E-state index contributed by atoms with van der Waals surface area (Å²) in [5.41, 5.74) is 0.373. The molecule has 19 heavy (non-hydrogen) atoms. The van der Waals surface area contributed by atoms with Gasteiger partial charge in [-0.15, -0.1) is 12.6 Å². The lowest BCUT2D eigenvalue weighted by atomic mass is 10.2. The van der Waals surface area contributed by atoms with Gasteiger partial charge in [-0.25, -0.2) is 0 Å². The number of benzene rings is 1. The Morgan fingerprint density at radius 2 is 2.16 bits per heavy atom. The zero-order valence-corrected chi connectivity index (χ0v) is 11.2. The van der Waals surface area contributed by atoms with Crippen LogP contribution in [-0.2, 0) is 4.74 Å². The van der Waals surface area contributed by atoms with Gasteiger partial charge in [-0.05, 0) is 25.0 Å². The summed E-state index contributed by atoms with van der Waals surface area (Å²) in [5, 5.41) is 0.818. The molecule has 3 rings (SSSR count). The van der Waals surface area contributed by atoms with Gasteiger partial charge in [0, 0.05) is 18.6 Å². The fourth-order valence-corrected chi connectivity index (χ4v) is 2.37. The first-order valence-electron chi connectivity index (χ1n) is 6.27. The van der Waals surface area contributed by atoms with Crippen LogP contribution in [0.5, 0.6) is 5.75 Å². The molecule has 0 amide bonds. The highest BCUT2D eigenvalue weighted by Gasteiger charge is 2.15. The molecule has 1 aromatic carbocycles. The molecular formula is C14H14O4S. The normalized spacial score (nSPS) is 19.5. The van der Waals surface area contributed by atoms with Gasteiger partial charge in [0.2, 0.25) is 0 Å². The summed E-state index contributed by atoms with van der Waals surface area (Å²) in [5.74, 6) is 0.640. The highest BCUT2D eigenvalue weighted by atomic mass is 32.1. The van der Waals surface area contributed by atoms with Gasteiger partial charge in [0.15, 0.2) is 16.8 Å². The van der Waals surface area contributed by atoms with E-state index in [9.17, 15) is 4.79 Å². The van der Waals surface area contributed by atoms with Crippen LogP contribution in [0.4, 0.5) is 0 Å². The minimum absolute atomic E-state index is 0.105. The molecule has 0 bridgehead atoms. The second-order valence-electron chi connectivity index (χ2n) is 4.52. The molecule has 2 heterocycles. The molecule has 100 valence electrons. The van der Waals surface area contributed by atoms with E-state index in [2.05, 4.69) is 12.6 Å². The maximum Gasteiger partial charge on any atom is 0.199 e. The Morgan fingerprint density at radius 1 is 1.26 bits per heavy atom. The van der Waals surface area contributed by atoms with Gasteiger partial charge >= 0.3 is 0 Å². The van der Waals surface area contributed by atoms with E-state index in [1.165, 1.54) is 6.07 Å². The zero-order valence-electron chi connectivity index (χ0n) is 10.3. The average Bonchev–Trinajstić information content (AvgIpc) is 2.39. The highest BCUT2D eigenvalue weighted by molar-refractivity contribution is 7.80. The number of thiol groups is 1. The molecule has 0 aliphatic carbocycles. The van der Waals surface area contributed by atoms with Crippen LogP contribution in [0.1, 0.15) is 19.3 Å². The monoisotopic (exact) mass is 278 g/mol. The van der Waals surface area contributed by atoms with Crippen molar-refractivity contribution in [1.82, 2.24) is 0 Å². The van der Waals surface area contributed by atoms with Crippen LogP contribution in [0.25, 0.3) is 11.0 Å². The second kappa shape index (κ2) is 5.27. The van der Waals surface area contributed by atoms with Gasteiger partial charge < -0.3 is 13.9 Å². The first-order valence-corrected chi connectivity index (χ1v) is 6.72. The van der Waals surface area contributed by atoms with Crippen molar-refractivity contribution in [2.45, 2.75) is 30.6 Å². The van der Waals surface area contributed by atoms with E-state index in [1.54, 1.807) is 18.2 Å². The van der Waals surface area contributed by atoms with Crippen molar-refractivity contribution in [3.05, 3.63) is 34.5 Å². The average molecular weight is 278 g/mol. The van der Waals surface area contributed by atoms with Crippen LogP contribution < -0.4 is 10.2 Å². The zero-order chi connectivity index (χ0) is 13.2. The Morgan fingerprint density at radius 3 is 2.95 bits per heavy atom. The maximum atomic E-state index is 11.7. The lowest BCUT2D eigenvalue weighted by molar-refractivity contribution is -0.105. The summed E-state index contributed by atoms with van der Waals surface area (Å²) in [4.78, 5) is 11.7. The fraction of sp³-hybridized carbons (Fsp3) is 0.357. The predicted molar refractivity (Wildman–Crippen MR) is 74.0 cm³/mol. The largest absolute Gasteiger partial charge is 0.465 e. The third-order valence-corrected chi connectivity index (χ3v) is 3.31. The third kappa shape index (κ3) is 2.77. The second-order valence-corrected chi connectivity index (χ2v) is 4.96. The summed E-state index contributed by atoms with van der Waals surface area (Å²) >= 11 is 4.06. The lowest BCUT2D eigenvalue weighted by Gasteiger charge is -2.23. The molecule has 1 saturated heterocycles. The summed E-state index contributed by atoms with van der Waals surface area (Å²) in [7, 11) is 0. The molecule has 4 nitrogen and oxygen atoms in total. The molecular weight excluding hydrogens is 264 g/mol. The van der Waals surface area contributed by atoms with E-state index in [0.717, 1.165) is 25.9 Å². The molecule has 0 spiro atoms. The molecule has 1 aromatic heterocycles. The molecule has 1 atom stereocenters. The van der Waals surface area contributed by atoms with Gasteiger partial charge in [0.05, 0.1) is 12.0 Å². The van der Waals surface area contributed by atoms with Crippen LogP contribution in [0.15, 0.2) is 38.6 Å². The van der Waals surface area contributed by atoms with Crippen LogP contribution in [0, 0.1) is 0 Å². The number of hydrogen-bond acceptors (Lipinski definition) is 5. The van der Waals surface area contributed by atoms with Crippen molar-refractivity contribution in [3.8, 4) is 5.75 Å². The van der Waals surface area contributed by atoms with E-state index in [0.29, 0.717) is 21.8 Å². The van der Waals surface area contributed by atoms with E-state index >= 15 is 0 Å². The topological polar surface area (TPSA) is 48.7 Å². The minimum atomic E-state index is -0.211. The molecule has 2 aromatic rings. The molecule has 1 unspecified atom stereocenters. The van der Waals surface area contributed by atoms with Gasteiger partial charge in [0.1, 0.15) is 11.3 Å². The number of fused-ring (bicyclic) bond motifs is 1. The van der Waals surface area contributed by atoms with Crippen LogP contribution in [0.3, 0.4) is 0 Å². The quantitative estimate of drug-likeness (QED) is 0.858. The predicted octanol–water partition coefficient (Wildman–Crippen LogP) is 2.99. The van der Waals surface area contributed by atoms with Crippen molar-refractivity contribution in [1.29, 1.82) is 0 Å². The van der Waals surface area contributed by atoms with Gasteiger partial charge in [-0.2, -0.15) is 0 Å². The first-order chi connectivity index (χ1) is 9.22. The first kappa shape index (κ1) is 12.6. The molecule has 0 N–H and O–H groups in total. The molecule has 1 fully saturated rings. The molecule has 0 saturated carbocycles. The van der Waals surface area contributed by atoms with E-state index in [4.69, 9.17) is 13.9 Å². The van der Waals surface area contributed by atoms with E-state index in [1.807, 2.05) is 0 Å². The van der Waals surface area contributed by atoms with Crippen molar-refractivity contribution in [2.24, 2.45) is 0 Å². The van der Waals surface area contributed by atoms with Gasteiger partial charge in [-0.3, -0.25) is 4.79 Å². The van der Waals surface area contributed by atoms with Crippen LogP contribution in [0.2, 0.25) is 0 Å². The lowest BCUT2D eigenvalue weighted by Crippen LogP contribution is -2.24. The Labute approximate surface area is 115 Å². The number of ether oxygens (including phenoxy) is 2.